The molecule has 0 unspecified atom stereocenters. The van der Waals surface area contributed by atoms with Crippen molar-refractivity contribution in [3.8, 4) is 5.69 Å². The lowest BCUT2D eigenvalue weighted by Crippen LogP contribution is -2.37. The monoisotopic (exact) mass is 360 g/mol. The number of nitrogens with two attached hydrogens (primary N) is 1. The standard InChI is InChI=1S/C22H24N4O/c1-15-19(16(2)26(24-15)17-8-4-3-5-9-17)14-22(27)25-13-7-10-18-20(23)11-6-12-21(18)25/h3-6,8-9,11-12H,7,10,13-14,23H2,1-2H3. The van der Waals surface area contributed by atoms with Crippen molar-refractivity contribution in [2.75, 3.05) is 17.2 Å². The Hall–Kier alpha value is -3.08. The fourth-order valence-corrected chi connectivity index (χ4v) is 3.91. The predicted octanol–water partition coefficient (Wildman–Crippen LogP) is 3.59. The Labute approximate surface area is 159 Å². The van der Waals surface area contributed by atoms with Crippen LogP contribution in [0.4, 0.5) is 11.4 Å². The van der Waals surface area contributed by atoms with Crippen LogP contribution in [0.5, 0.6) is 0 Å². The van der Waals surface area contributed by atoms with Crippen molar-refractivity contribution >= 4 is 17.3 Å². The average Bonchev–Trinajstić information content (AvgIpc) is 2.97. The van der Waals surface area contributed by atoms with Crippen molar-refractivity contribution < 1.29 is 4.79 Å². The van der Waals surface area contributed by atoms with Crippen LogP contribution in [0.25, 0.3) is 5.69 Å². The molecule has 0 radical (unpaired) electrons. The molecule has 1 aliphatic heterocycles. The Balaban J connectivity index is 1.64. The molecule has 0 fully saturated rings. The van der Waals surface area contributed by atoms with Gasteiger partial charge in [0.1, 0.15) is 0 Å². The van der Waals surface area contributed by atoms with Crippen LogP contribution in [0, 0.1) is 13.8 Å². The average molecular weight is 360 g/mol. The molecule has 5 heteroatoms. The molecular formula is C22H24N4O. The highest BCUT2D eigenvalue weighted by Gasteiger charge is 2.25. The van der Waals surface area contributed by atoms with E-state index < -0.39 is 0 Å². The van der Waals surface area contributed by atoms with E-state index in [2.05, 4.69) is 5.10 Å². The van der Waals surface area contributed by atoms with E-state index in [1.165, 1.54) is 0 Å². The largest absolute Gasteiger partial charge is 0.398 e. The van der Waals surface area contributed by atoms with Gasteiger partial charge in [-0.1, -0.05) is 24.3 Å². The number of hydrogen-bond donors (Lipinski definition) is 1. The molecule has 1 aromatic heterocycles. The highest BCUT2D eigenvalue weighted by atomic mass is 16.2. The number of carbonyl (C=O) groups is 1. The Bertz CT molecular complexity index is 991. The minimum Gasteiger partial charge on any atom is -0.398 e. The molecule has 3 aromatic rings. The van der Waals surface area contributed by atoms with Gasteiger partial charge in [-0.15, -0.1) is 0 Å². The van der Waals surface area contributed by atoms with Crippen molar-refractivity contribution in [1.29, 1.82) is 0 Å². The molecule has 0 aliphatic carbocycles. The van der Waals surface area contributed by atoms with E-state index in [0.717, 1.165) is 59.0 Å². The molecule has 27 heavy (non-hydrogen) atoms. The van der Waals surface area contributed by atoms with Gasteiger partial charge in [0.2, 0.25) is 5.91 Å². The Morgan fingerprint density at radius 1 is 1.11 bits per heavy atom. The Morgan fingerprint density at radius 2 is 1.89 bits per heavy atom. The summed E-state index contributed by atoms with van der Waals surface area (Å²) in [5, 5.41) is 4.66. The van der Waals surface area contributed by atoms with Crippen molar-refractivity contribution in [2.45, 2.75) is 33.1 Å². The van der Waals surface area contributed by atoms with Gasteiger partial charge < -0.3 is 10.6 Å². The number of fused-ring (bicyclic) bond motifs is 1. The molecule has 138 valence electrons. The number of carbonyl (C=O) groups excluding carboxylic acids is 1. The van der Waals surface area contributed by atoms with Crippen LogP contribution in [0.2, 0.25) is 0 Å². The molecular weight excluding hydrogens is 336 g/mol. The molecule has 2 heterocycles. The number of amides is 1. The van der Waals surface area contributed by atoms with Gasteiger partial charge in [-0.3, -0.25) is 4.79 Å². The van der Waals surface area contributed by atoms with E-state index in [0.29, 0.717) is 6.42 Å². The third-order valence-electron chi connectivity index (χ3n) is 5.36. The van der Waals surface area contributed by atoms with Crippen molar-refractivity contribution in [3.63, 3.8) is 0 Å². The van der Waals surface area contributed by atoms with E-state index >= 15 is 0 Å². The van der Waals surface area contributed by atoms with Crippen LogP contribution < -0.4 is 10.6 Å². The molecule has 1 aliphatic rings. The van der Waals surface area contributed by atoms with Crippen LogP contribution in [-0.4, -0.2) is 22.2 Å². The van der Waals surface area contributed by atoms with Gasteiger partial charge in [0, 0.05) is 29.2 Å². The van der Waals surface area contributed by atoms with Gasteiger partial charge in [-0.2, -0.15) is 5.10 Å². The summed E-state index contributed by atoms with van der Waals surface area (Å²) >= 11 is 0. The van der Waals surface area contributed by atoms with Crippen LogP contribution in [0.15, 0.2) is 48.5 Å². The molecule has 5 nitrogen and oxygen atoms in total. The third-order valence-corrected chi connectivity index (χ3v) is 5.36. The number of nitrogens with zero attached hydrogens (tertiary/aromatic N) is 3. The number of aromatic nitrogens is 2. The summed E-state index contributed by atoms with van der Waals surface area (Å²) in [6, 6.07) is 15.8. The fourth-order valence-electron chi connectivity index (χ4n) is 3.91. The molecule has 0 saturated carbocycles. The predicted molar refractivity (Wildman–Crippen MR) is 108 cm³/mol. The Morgan fingerprint density at radius 3 is 2.67 bits per heavy atom. The van der Waals surface area contributed by atoms with E-state index in [4.69, 9.17) is 5.73 Å². The summed E-state index contributed by atoms with van der Waals surface area (Å²) < 4.78 is 1.92. The van der Waals surface area contributed by atoms with E-state index in [9.17, 15) is 4.79 Å². The smallest absolute Gasteiger partial charge is 0.231 e. The molecule has 0 atom stereocenters. The minimum atomic E-state index is 0.0976. The lowest BCUT2D eigenvalue weighted by molar-refractivity contribution is -0.118. The first-order chi connectivity index (χ1) is 13.1. The van der Waals surface area contributed by atoms with E-state index in [-0.39, 0.29) is 5.91 Å². The number of anilines is 2. The maximum absolute atomic E-state index is 13.1. The number of benzene rings is 2. The van der Waals surface area contributed by atoms with Gasteiger partial charge in [0.25, 0.3) is 0 Å². The maximum Gasteiger partial charge on any atom is 0.231 e. The molecule has 4 rings (SSSR count). The molecule has 2 aromatic carbocycles. The summed E-state index contributed by atoms with van der Waals surface area (Å²) in [7, 11) is 0. The zero-order chi connectivity index (χ0) is 19.0. The number of hydrogen-bond acceptors (Lipinski definition) is 3. The number of para-hydroxylation sites is 1. The summed E-state index contributed by atoms with van der Waals surface area (Å²) in [6.07, 6.45) is 2.21. The second kappa shape index (κ2) is 6.91. The molecule has 0 bridgehead atoms. The molecule has 2 N–H and O–H groups in total. The highest BCUT2D eigenvalue weighted by molar-refractivity contribution is 5.97. The molecule has 1 amide bonds. The van der Waals surface area contributed by atoms with Gasteiger partial charge in [-0.25, -0.2) is 4.68 Å². The first kappa shape index (κ1) is 17.3. The Kier molecular flexibility index (Phi) is 4.44. The SMILES string of the molecule is Cc1nn(-c2ccccc2)c(C)c1CC(=O)N1CCCc2c(N)cccc21. The van der Waals surface area contributed by atoms with E-state index in [1.54, 1.807) is 0 Å². The van der Waals surface area contributed by atoms with Crippen LogP contribution in [-0.2, 0) is 17.6 Å². The van der Waals surface area contributed by atoms with Crippen molar-refractivity contribution in [3.05, 3.63) is 71.0 Å². The maximum atomic E-state index is 13.1. The van der Waals surface area contributed by atoms with Gasteiger partial charge >= 0.3 is 0 Å². The van der Waals surface area contributed by atoms with Crippen LogP contribution >= 0.6 is 0 Å². The minimum absolute atomic E-state index is 0.0976. The zero-order valence-electron chi connectivity index (χ0n) is 15.8. The molecule has 0 spiro atoms. The zero-order valence-corrected chi connectivity index (χ0v) is 15.8. The van der Waals surface area contributed by atoms with Crippen molar-refractivity contribution in [1.82, 2.24) is 9.78 Å². The summed E-state index contributed by atoms with van der Waals surface area (Å²) in [5.41, 5.74) is 12.9. The molecule has 0 saturated heterocycles. The normalized spacial score (nSPS) is 13.5. The quantitative estimate of drug-likeness (QED) is 0.726. The van der Waals surface area contributed by atoms with Gasteiger partial charge in [0.05, 0.1) is 17.8 Å². The number of rotatable bonds is 3. The second-order valence-corrected chi connectivity index (χ2v) is 7.07. The van der Waals surface area contributed by atoms with Crippen molar-refractivity contribution in [2.24, 2.45) is 0 Å². The van der Waals surface area contributed by atoms with Crippen LogP contribution in [0.1, 0.15) is 28.9 Å². The first-order valence-corrected chi connectivity index (χ1v) is 9.34. The number of aryl methyl sites for hydroxylation is 1. The number of nitrogen functional groups attached to an aromatic ring is 1. The summed E-state index contributed by atoms with van der Waals surface area (Å²) in [5.74, 6) is 0.0976. The second-order valence-electron chi connectivity index (χ2n) is 7.07. The van der Waals surface area contributed by atoms with Gasteiger partial charge in [-0.05, 0) is 56.5 Å². The summed E-state index contributed by atoms with van der Waals surface area (Å²) in [4.78, 5) is 15.0. The fraction of sp³-hybridized carbons (Fsp3) is 0.273. The van der Waals surface area contributed by atoms with Crippen LogP contribution in [0.3, 0.4) is 0 Å². The van der Waals surface area contributed by atoms with E-state index in [1.807, 2.05) is 72.0 Å². The summed E-state index contributed by atoms with van der Waals surface area (Å²) in [6.45, 7) is 4.73. The third kappa shape index (κ3) is 3.10. The van der Waals surface area contributed by atoms with Gasteiger partial charge in [0.15, 0.2) is 0 Å². The first-order valence-electron chi connectivity index (χ1n) is 9.34. The highest BCUT2D eigenvalue weighted by Crippen LogP contribution is 2.32. The lowest BCUT2D eigenvalue weighted by Gasteiger charge is -2.30. The topological polar surface area (TPSA) is 64.2 Å². The lowest BCUT2D eigenvalue weighted by atomic mass is 9.99.